The first-order valence-corrected chi connectivity index (χ1v) is 22.2. The van der Waals surface area contributed by atoms with Crippen LogP contribution in [0.25, 0.3) is 33.0 Å². The fraction of sp³-hybridized carbons (Fsp3) is 0.420. The number of benzene rings is 4. The van der Waals surface area contributed by atoms with Gasteiger partial charge in [-0.1, -0.05) is 161 Å². The van der Waals surface area contributed by atoms with Gasteiger partial charge >= 0.3 is 26.2 Å². The molecular weight excluding hydrogens is 823 g/mol. The molecule has 5 aromatic carbocycles. The molecule has 1 aliphatic carbocycles. The van der Waals surface area contributed by atoms with Crippen molar-refractivity contribution in [3.63, 3.8) is 0 Å². The molecule has 6 heteroatoms. The molecule has 0 heterocycles. The zero-order valence-electron chi connectivity index (χ0n) is 36.4. The monoisotopic (exact) mass is 884 g/mol. The van der Waals surface area contributed by atoms with Crippen molar-refractivity contribution < 1.29 is 60.5 Å². The molecule has 0 radical (unpaired) electrons. The Morgan fingerprint density at radius 2 is 1.14 bits per heavy atom. The fourth-order valence-corrected chi connectivity index (χ4v) is 9.92. The molecule has 2 nitrogen and oxygen atoms in total. The quantitative estimate of drug-likeness (QED) is 0.119. The van der Waals surface area contributed by atoms with Gasteiger partial charge in [-0.15, -0.1) is 39.2 Å². The molecule has 298 valence electrons. The third kappa shape index (κ3) is 11.0. The number of halogens is 2. The largest absolute Gasteiger partial charge is 4.00 e. The van der Waals surface area contributed by atoms with Crippen LogP contribution in [0.3, 0.4) is 0 Å². The van der Waals surface area contributed by atoms with Crippen molar-refractivity contribution in [2.75, 3.05) is 14.2 Å². The Hall–Kier alpha value is -2.49. The van der Waals surface area contributed by atoms with Gasteiger partial charge in [-0.25, -0.2) is 0 Å². The second-order valence-electron chi connectivity index (χ2n) is 18.1. The third-order valence-electron chi connectivity index (χ3n) is 10.4. The van der Waals surface area contributed by atoms with Gasteiger partial charge in [0.05, 0.1) is 14.2 Å². The number of hydrogen-bond donors (Lipinski definition) is 0. The first-order valence-electron chi connectivity index (χ1n) is 19.7. The Morgan fingerprint density at radius 1 is 0.661 bits per heavy atom. The van der Waals surface area contributed by atoms with Gasteiger partial charge < -0.3 is 34.3 Å². The maximum absolute atomic E-state index is 6.11. The summed E-state index contributed by atoms with van der Waals surface area (Å²) in [5.74, 6) is 3.96. The summed E-state index contributed by atoms with van der Waals surface area (Å²) in [7, 11) is 3.03. The summed E-state index contributed by atoms with van der Waals surface area (Å²) in [5, 5.41) is 4.29. The van der Waals surface area contributed by atoms with Gasteiger partial charge in [0.25, 0.3) is 0 Å². The van der Waals surface area contributed by atoms with E-state index in [0.29, 0.717) is 17.8 Å². The van der Waals surface area contributed by atoms with Crippen LogP contribution in [0.5, 0.6) is 11.5 Å². The molecule has 0 amide bonds. The van der Waals surface area contributed by atoms with Crippen molar-refractivity contribution in [1.82, 2.24) is 0 Å². The van der Waals surface area contributed by atoms with Crippen LogP contribution in [0.15, 0.2) is 84.9 Å². The first kappa shape index (κ1) is 49.7. The molecule has 1 atom stereocenters. The zero-order valence-corrected chi connectivity index (χ0v) is 41.3. The molecule has 6 rings (SSSR count). The standard InChI is InChI=1S/C26H35OSi.C24H29O.2ClH.Zr/c1-17(2)14-20-15-19-16-21(26(3,4)5)24(27-6)22(18-12-10-9-11-13-18)23(19)25(20)28(7)8;1-16(2)12-17-13-19-15-21(24(3,4)5)23(25-6)22(20(19)14-17)18-10-8-7-9-11-18;;;/h9-13,15-17,20H,14H2,1-8H3;7-11,13-16H,12H2,1-6H3;2*1H;/q2*-1;;;+4/p-2. The van der Waals surface area contributed by atoms with Crippen molar-refractivity contribution in [3.8, 4) is 33.8 Å². The van der Waals surface area contributed by atoms with E-state index in [4.69, 9.17) is 9.47 Å². The molecule has 0 N–H and O–H groups in total. The SMILES string of the molecule is COc1c(C(C)(C)C)cc2[cH-]c(CC(C)C)cc2c1-c1ccccc1.COc1c(C(C)(C)C)cc2c(c1-c1ccccc1)C(=[Si](C)C)C(CC(C)C)[CH-]2.[Cl-].[Cl-].[Zr+4]. The normalized spacial score (nSPS) is 13.5. The molecule has 0 aliphatic heterocycles. The van der Waals surface area contributed by atoms with Gasteiger partial charge in [0.15, 0.2) is 0 Å². The van der Waals surface area contributed by atoms with E-state index in [1.54, 1.807) is 12.3 Å². The third-order valence-corrected chi connectivity index (χ3v) is 12.1. The summed E-state index contributed by atoms with van der Waals surface area (Å²) in [4.78, 5) is 0. The van der Waals surface area contributed by atoms with E-state index in [1.807, 2.05) is 7.11 Å². The summed E-state index contributed by atoms with van der Waals surface area (Å²) in [5.41, 5.74) is 11.9. The second-order valence-corrected chi connectivity index (χ2v) is 20.7. The average Bonchev–Trinajstić information content (AvgIpc) is 3.66. The van der Waals surface area contributed by atoms with Crippen LogP contribution >= 0.6 is 0 Å². The number of fused-ring (bicyclic) bond motifs is 2. The van der Waals surface area contributed by atoms with E-state index in [0.717, 1.165) is 17.9 Å². The van der Waals surface area contributed by atoms with Crippen molar-refractivity contribution in [3.05, 3.63) is 119 Å². The molecule has 5 aromatic rings. The molecule has 0 saturated carbocycles. The molecule has 0 fully saturated rings. The average molecular weight is 887 g/mol. The minimum absolute atomic E-state index is 0. The van der Waals surface area contributed by atoms with Crippen LogP contribution in [0.1, 0.15) is 103 Å². The fourth-order valence-electron chi connectivity index (χ4n) is 8.21. The maximum atomic E-state index is 6.11. The molecule has 0 aromatic heterocycles. The summed E-state index contributed by atoms with van der Waals surface area (Å²) in [6.07, 6.45) is 4.88. The van der Waals surface area contributed by atoms with Crippen molar-refractivity contribution in [2.45, 2.75) is 106 Å². The Kier molecular flexibility index (Phi) is 18.1. The summed E-state index contributed by atoms with van der Waals surface area (Å²) < 4.78 is 12.1. The van der Waals surface area contributed by atoms with E-state index < -0.39 is 8.41 Å². The Morgan fingerprint density at radius 3 is 1.59 bits per heavy atom. The van der Waals surface area contributed by atoms with Gasteiger partial charge in [0, 0.05) is 0 Å². The van der Waals surface area contributed by atoms with E-state index in [9.17, 15) is 0 Å². The molecule has 0 bridgehead atoms. The van der Waals surface area contributed by atoms with Crippen LogP contribution < -0.4 is 34.3 Å². The van der Waals surface area contributed by atoms with Gasteiger partial charge in [-0.3, -0.25) is 0 Å². The van der Waals surface area contributed by atoms with Crippen molar-refractivity contribution in [2.24, 2.45) is 17.8 Å². The summed E-state index contributed by atoms with van der Waals surface area (Å²) >= 11 is 0. The number of ether oxygens (including phenoxy) is 2. The van der Waals surface area contributed by atoms with Gasteiger partial charge in [0.2, 0.25) is 0 Å². The first-order chi connectivity index (χ1) is 25.0. The second kappa shape index (κ2) is 20.5. The summed E-state index contributed by atoms with van der Waals surface area (Å²) in [6, 6.07) is 30.9. The molecule has 1 aliphatic rings. The molecule has 0 spiro atoms. The van der Waals surface area contributed by atoms with Gasteiger partial charge in [-0.05, 0) is 65.3 Å². The van der Waals surface area contributed by atoms with Crippen molar-refractivity contribution in [1.29, 1.82) is 0 Å². The van der Waals surface area contributed by atoms with E-state index >= 15 is 0 Å². The van der Waals surface area contributed by atoms with E-state index in [2.05, 4.69) is 174 Å². The molecule has 56 heavy (non-hydrogen) atoms. The molecular formula is C50H64Cl2O2SiZr. The smallest absolute Gasteiger partial charge is 1.00 e. The van der Waals surface area contributed by atoms with Crippen molar-refractivity contribution >= 4 is 24.4 Å². The minimum atomic E-state index is -0.589. The minimum Gasteiger partial charge on any atom is -1.00 e. The van der Waals surface area contributed by atoms with Gasteiger partial charge in [0.1, 0.15) is 11.5 Å². The number of hydrogen-bond acceptors (Lipinski definition) is 2. The Balaban J connectivity index is 0.000000369. The number of methoxy groups -OCH3 is 2. The van der Waals surface area contributed by atoms with Crippen LogP contribution in [0.4, 0.5) is 0 Å². The maximum Gasteiger partial charge on any atom is 4.00 e. The van der Waals surface area contributed by atoms with E-state index in [1.165, 1.54) is 67.3 Å². The zero-order chi connectivity index (χ0) is 38.8. The Bertz CT molecular complexity index is 2060. The van der Waals surface area contributed by atoms with Crippen LogP contribution in [0.2, 0.25) is 13.1 Å². The van der Waals surface area contributed by atoms with Crippen LogP contribution in [-0.4, -0.2) is 27.8 Å². The molecule has 1 unspecified atom stereocenters. The Labute approximate surface area is 373 Å². The predicted molar refractivity (Wildman–Crippen MR) is 234 cm³/mol. The van der Waals surface area contributed by atoms with E-state index in [-0.39, 0.29) is 61.8 Å². The summed E-state index contributed by atoms with van der Waals surface area (Å²) in [6.45, 7) is 27.7. The topological polar surface area (TPSA) is 18.5 Å². The molecule has 0 saturated heterocycles. The van der Waals surface area contributed by atoms with Crippen LogP contribution in [-0.2, 0) is 43.5 Å². The van der Waals surface area contributed by atoms with Crippen LogP contribution in [0, 0.1) is 24.2 Å². The van der Waals surface area contributed by atoms with Gasteiger partial charge in [-0.2, -0.15) is 24.1 Å². The predicted octanol–water partition coefficient (Wildman–Crippen LogP) is 7.48. The number of rotatable bonds is 8.